The summed E-state index contributed by atoms with van der Waals surface area (Å²) in [6, 6.07) is 11.4. The van der Waals surface area contributed by atoms with E-state index in [9.17, 15) is 4.79 Å². The number of rotatable bonds is 7. The van der Waals surface area contributed by atoms with E-state index in [1.54, 1.807) is 13.3 Å². The first-order valence-electron chi connectivity index (χ1n) is 8.53. The Morgan fingerprint density at radius 1 is 1.08 bits per heavy atom. The molecule has 0 fully saturated rings. The van der Waals surface area contributed by atoms with Gasteiger partial charge in [0.1, 0.15) is 5.76 Å². The molecule has 142 valence electrons. The zero-order valence-corrected chi connectivity index (χ0v) is 17.8. The summed E-state index contributed by atoms with van der Waals surface area (Å²) in [6.07, 6.45) is 1.65. The van der Waals surface area contributed by atoms with E-state index in [0.29, 0.717) is 24.6 Å². The smallest absolute Gasteiger partial charge is 0.253 e. The Balaban J connectivity index is 0.00000338. The highest BCUT2D eigenvalue weighted by Crippen LogP contribution is 2.08. The van der Waals surface area contributed by atoms with Crippen molar-refractivity contribution in [2.75, 3.05) is 20.1 Å². The van der Waals surface area contributed by atoms with Crippen molar-refractivity contribution < 1.29 is 9.21 Å². The summed E-state index contributed by atoms with van der Waals surface area (Å²) in [5.41, 5.74) is 1.80. The average molecular weight is 470 g/mol. The molecule has 0 aliphatic carbocycles. The fourth-order valence-corrected chi connectivity index (χ4v) is 2.45. The number of hydrogen-bond donors (Lipinski definition) is 2. The lowest BCUT2D eigenvalue weighted by molar-refractivity contribution is 0.0773. The summed E-state index contributed by atoms with van der Waals surface area (Å²) in [5.74, 6) is 1.61. The van der Waals surface area contributed by atoms with E-state index < -0.39 is 0 Å². The molecule has 0 aliphatic rings. The maximum Gasteiger partial charge on any atom is 0.253 e. The quantitative estimate of drug-likeness (QED) is 0.371. The molecule has 26 heavy (non-hydrogen) atoms. The minimum Gasteiger partial charge on any atom is -0.467 e. The Morgan fingerprint density at radius 3 is 2.27 bits per heavy atom. The van der Waals surface area contributed by atoms with Gasteiger partial charge >= 0.3 is 0 Å². The maximum atomic E-state index is 12.3. The van der Waals surface area contributed by atoms with E-state index >= 15 is 0 Å². The first kappa shape index (κ1) is 22.0. The van der Waals surface area contributed by atoms with Crippen LogP contribution in [0.5, 0.6) is 0 Å². The zero-order chi connectivity index (χ0) is 18.1. The van der Waals surface area contributed by atoms with E-state index in [-0.39, 0.29) is 29.9 Å². The summed E-state index contributed by atoms with van der Waals surface area (Å²) >= 11 is 0. The number of benzene rings is 1. The molecule has 0 spiro atoms. The van der Waals surface area contributed by atoms with Crippen LogP contribution in [0, 0.1) is 0 Å². The third-order valence-corrected chi connectivity index (χ3v) is 3.95. The van der Waals surface area contributed by atoms with Gasteiger partial charge in [0.25, 0.3) is 5.91 Å². The number of hydrogen-bond acceptors (Lipinski definition) is 3. The molecule has 1 aromatic heterocycles. The summed E-state index contributed by atoms with van der Waals surface area (Å²) in [5, 5.41) is 6.43. The molecule has 0 atom stereocenters. The molecule has 7 heteroatoms. The predicted octanol–water partition coefficient (Wildman–Crippen LogP) is 3.24. The number of aliphatic imine (C=N–C) groups is 1. The molecule has 0 radical (unpaired) electrons. The van der Waals surface area contributed by atoms with E-state index in [1.165, 1.54) is 0 Å². The van der Waals surface area contributed by atoms with Gasteiger partial charge in [-0.15, -0.1) is 24.0 Å². The van der Waals surface area contributed by atoms with Crippen LogP contribution in [-0.2, 0) is 13.1 Å². The maximum absolute atomic E-state index is 12.3. The van der Waals surface area contributed by atoms with Crippen LogP contribution >= 0.6 is 24.0 Å². The molecule has 2 rings (SSSR count). The van der Waals surface area contributed by atoms with E-state index in [4.69, 9.17) is 4.42 Å². The van der Waals surface area contributed by atoms with Crippen LogP contribution < -0.4 is 10.6 Å². The molecule has 2 aromatic rings. The summed E-state index contributed by atoms with van der Waals surface area (Å²) in [4.78, 5) is 18.3. The van der Waals surface area contributed by atoms with Crippen molar-refractivity contribution in [1.82, 2.24) is 15.5 Å². The van der Waals surface area contributed by atoms with Gasteiger partial charge in [0.15, 0.2) is 5.96 Å². The van der Waals surface area contributed by atoms with Crippen molar-refractivity contribution in [3.8, 4) is 0 Å². The summed E-state index contributed by atoms with van der Waals surface area (Å²) in [6.45, 7) is 6.61. The molecule has 2 N–H and O–H groups in total. The summed E-state index contributed by atoms with van der Waals surface area (Å²) in [7, 11) is 1.73. The van der Waals surface area contributed by atoms with Crippen molar-refractivity contribution in [1.29, 1.82) is 0 Å². The van der Waals surface area contributed by atoms with Crippen molar-refractivity contribution >= 4 is 35.8 Å². The van der Waals surface area contributed by atoms with Crippen LogP contribution in [0.4, 0.5) is 0 Å². The molecular formula is C19H27IN4O2. The number of carbonyl (C=O) groups excluding carboxylic acids is 1. The molecule has 6 nitrogen and oxygen atoms in total. The van der Waals surface area contributed by atoms with Crippen LogP contribution in [-0.4, -0.2) is 36.9 Å². The fourth-order valence-electron chi connectivity index (χ4n) is 2.45. The Kier molecular flexibility index (Phi) is 9.79. The third-order valence-electron chi connectivity index (χ3n) is 3.95. The van der Waals surface area contributed by atoms with Crippen molar-refractivity contribution in [3.05, 3.63) is 59.5 Å². The van der Waals surface area contributed by atoms with Gasteiger partial charge in [-0.3, -0.25) is 9.79 Å². The molecule has 1 amide bonds. The van der Waals surface area contributed by atoms with Gasteiger partial charge in [-0.2, -0.15) is 0 Å². The van der Waals surface area contributed by atoms with Gasteiger partial charge in [-0.25, -0.2) is 0 Å². The number of guanidine groups is 1. The number of halogens is 1. The number of carbonyl (C=O) groups is 1. The van der Waals surface area contributed by atoms with E-state index in [1.807, 2.05) is 55.1 Å². The normalized spacial score (nSPS) is 10.8. The fraction of sp³-hybridized carbons (Fsp3) is 0.368. The Morgan fingerprint density at radius 2 is 1.73 bits per heavy atom. The van der Waals surface area contributed by atoms with Gasteiger partial charge < -0.3 is 20.0 Å². The van der Waals surface area contributed by atoms with Crippen molar-refractivity contribution in [2.45, 2.75) is 26.9 Å². The monoisotopic (exact) mass is 470 g/mol. The van der Waals surface area contributed by atoms with Gasteiger partial charge in [0, 0.05) is 32.2 Å². The van der Waals surface area contributed by atoms with Gasteiger partial charge in [0.2, 0.25) is 0 Å². The molecule has 0 bridgehead atoms. The highest BCUT2D eigenvalue weighted by Gasteiger charge is 2.11. The molecule has 0 saturated heterocycles. The molecule has 0 saturated carbocycles. The second-order valence-corrected chi connectivity index (χ2v) is 5.53. The zero-order valence-electron chi connectivity index (χ0n) is 15.5. The standard InChI is InChI=1S/C19H26N4O2.HI/c1-4-23(5-2)18(24)16-10-8-15(9-11-16)13-21-19(20-3)22-14-17-7-6-12-25-17;/h6-12H,4-5,13-14H2,1-3H3,(H2,20,21,22);1H. The highest BCUT2D eigenvalue weighted by atomic mass is 127. The van der Waals surface area contributed by atoms with Crippen LogP contribution in [0.2, 0.25) is 0 Å². The van der Waals surface area contributed by atoms with Crippen LogP contribution in [0.15, 0.2) is 52.1 Å². The highest BCUT2D eigenvalue weighted by molar-refractivity contribution is 14.0. The van der Waals surface area contributed by atoms with Gasteiger partial charge in [-0.05, 0) is 43.7 Å². The number of nitrogens with one attached hydrogen (secondary N) is 2. The third kappa shape index (κ3) is 6.36. The Labute approximate surface area is 172 Å². The number of furan rings is 1. The lowest BCUT2D eigenvalue weighted by atomic mass is 10.1. The molecule has 0 unspecified atom stereocenters. The molecule has 0 aliphatic heterocycles. The topological polar surface area (TPSA) is 69.9 Å². The predicted molar refractivity (Wildman–Crippen MR) is 115 cm³/mol. The second kappa shape index (κ2) is 11.6. The number of amides is 1. The number of nitrogens with zero attached hydrogens (tertiary/aromatic N) is 2. The Hall–Kier alpha value is -2.03. The van der Waals surface area contributed by atoms with Crippen molar-refractivity contribution in [2.24, 2.45) is 4.99 Å². The summed E-state index contributed by atoms with van der Waals surface area (Å²) < 4.78 is 5.28. The van der Waals surface area contributed by atoms with Crippen LogP contribution in [0.25, 0.3) is 0 Å². The van der Waals surface area contributed by atoms with E-state index in [2.05, 4.69) is 15.6 Å². The first-order chi connectivity index (χ1) is 12.2. The van der Waals surface area contributed by atoms with Crippen LogP contribution in [0.3, 0.4) is 0 Å². The molecule has 1 aromatic carbocycles. The second-order valence-electron chi connectivity index (χ2n) is 5.53. The lowest BCUT2D eigenvalue weighted by Crippen LogP contribution is -2.36. The lowest BCUT2D eigenvalue weighted by Gasteiger charge is -2.18. The van der Waals surface area contributed by atoms with Gasteiger partial charge in [-0.1, -0.05) is 12.1 Å². The minimum atomic E-state index is 0. The molecular weight excluding hydrogens is 443 g/mol. The van der Waals surface area contributed by atoms with E-state index in [0.717, 1.165) is 24.4 Å². The van der Waals surface area contributed by atoms with Crippen molar-refractivity contribution in [3.63, 3.8) is 0 Å². The average Bonchev–Trinajstić information content (AvgIpc) is 3.17. The SMILES string of the molecule is CCN(CC)C(=O)c1ccc(CNC(=NC)NCc2ccco2)cc1.I. The Bertz CT molecular complexity index is 680. The largest absolute Gasteiger partial charge is 0.467 e. The van der Waals surface area contributed by atoms with Gasteiger partial charge in [0.05, 0.1) is 12.8 Å². The molecule has 1 heterocycles. The first-order valence-corrected chi connectivity index (χ1v) is 8.53. The minimum absolute atomic E-state index is 0. The van der Waals surface area contributed by atoms with Crippen LogP contribution in [0.1, 0.15) is 35.5 Å².